The van der Waals surface area contributed by atoms with Gasteiger partial charge in [0, 0.05) is 17.5 Å². The van der Waals surface area contributed by atoms with Crippen LogP contribution in [-0.4, -0.2) is 18.0 Å². The summed E-state index contributed by atoms with van der Waals surface area (Å²) in [6, 6.07) is 17.5. The molecular formula is C20H20N2O2. The van der Waals surface area contributed by atoms with Crippen LogP contribution in [0, 0.1) is 6.92 Å². The molecule has 0 aliphatic heterocycles. The van der Waals surface area contributed by atoms with E-state index in [0.717, 1.165) is 33.6 Å². The van der Waals surface area contributed by atoms with Crippen LogP contribution in [0.25, 0.3) is 10.9 Å². The first kappa shape index (κ1) is 16.0. The highest BCUT2D eigenvalue weighted by Crippen LogP contribution is 2.23. The zero-order valence-electron chi connectivity index (χ0n) is 13.9. The average molecular weight is 320 g/mol. The molecular weight excluding hydrogens is 300 g/mol. The van der Waals surface area contributed by atoms with E-state index in [0.29, 0.717) is 12.8 Å². The fourth-order valence-electron chi connectivity index (χ4n) is 2.67. The van der Waals surface area contributed by atoms with E-state index in [1.165, 1.54) is 0 Å². The Kier molecular flexibility index (Phi) is 4.75. The molecule has 0 spiro atoms. The van der Waals surface area contributed by atoms with Crippen molar-refractivity contribution in [1.29, 1.82) is 0 Å². The Balaban J connectivity index is 1.68. The van der Waals surface area contributed by atoms with Crippen molar-refractivity contribution >= 4 is 22.5 Å². The standard InChI is InChI=1S/C20H20N2O2/c1-14-13-19(17-5-3-4-6-18(17)21-14)22-20(23)12-9-15-7-10-16(24-2)11-8-15/h3-8,10-11,13H,9,12H2,1-2H3,(H,21,22,23). The summed E-state index contributed by atoms with van der Waals surface area (Å²) in [5.74, 6) is 0.823. The first-order chi connectivity index (χ1) is 11.7. The Bertz CT molecular complexity index is 857. The molecule has 0 fully saturated rings. The van der Waals surface area contributed by atoms with Gasteiger partial charge in [-0.25, -0.2) is 0 Å². The molecule has 1 aromatic heterocycles. The number of aryl methyl sites for hydroxylation is 2. The van der Waals surface area contributed by atoms with E-state index in [4.69, 9.17) is 4.74 Å². The third-order valence-corrected chi connectivity index (χ3v) is 3.92. The van der Waals surface area contributed by atoms with Crippen molar-refractivity contribution in [3.05, 3.63) is 65.9 Å². The molecule has 1 heterocycles. The molecule has 122 valence electrons. The Morgan fingerprint density at radius 3 is 2.62 bits per heavy atom. The second kappa shape index (κ2) is 7.13. The number of fused-ring (bicyclic) bond motifs is 1. The van der Waals surface area contributed by atoms with Gasteiger partial charge in [-0.2, -0.15) is 0 Å². The molecule has 3 aromatic rings. The number of ether oxygens (including phenoxy) is 1. The van der Waals surface area contributed by atoms with Crippen LogP contribution in [0.2, 0.25) is 0 Å². The zero-order valence-corrected chi connectivity index (χ0v) is 13.9. The number of benzene rings is 2. The zero-order chi connectivity index (χ0) is 16.9. The molecule has 3 rings (SSSR count). The Morgan fingerprint density at radius 1 is 1.12 bits per heavy atom. The molecule has 0 unspecified atom stereocenters. The Hall–Kier alpha value is -2.88. The topological polar surface area (TPSA) is 51.2 Å². The quantitative estimate of drug-likeness (QED) is 0.769. The van der Waals surface area contributed by atoms with Crippen molar-refractivity contribution in [3.8, 4) is 5.75 Å². The normalized spacial score (nSPS) is 10.6. The van der Waals surface area contributed by atoms with Gasteiger partial charge in [-0.15, -0.1) is 0 Å². The number of nitrogens with zero attached hydrogens (tertiary/aromatic N) is 1. The summed E-state index contributed by atoms with van der Waals surface area (Å²) in [5.41, 5.74) is 3.71. The van der Waals surface area contributed by atoms with Crippen molar-refractivity contribution in [2.75, 3.05) is 12.4 Å². The number of nitrogens with one attached hydrogen (secondary N) is 1. The van der Waals surface area contributed by atoms with Gasteiger partial charge in [-0.1, -0.05) is 30.3 Å². The number of methoxy groups -OCH3 is 1. The van der Waals surface area contributed by atoms with Crippen LogP contribution in [0.5, 0.6) is 5.75 Å². The first-order valence-electron chi connectivity index (χ1n) is 7.95. The number of para-hydroxylation sites is 1. The van der Waals surface area contributed by atoms with E-state index in [-0.39, 0.29) is 5.91 Å². The molecule has 0 radical (unpaired) electrons. The number of hydrogen-bond acceptors (Lipinski definition) is 3. The summed E-state index contributed by atoms with van der Waals surface area (Å²) in [5, 5.41) is 3.97. The van der Waals surface area contributed by atoms with E-state index in [2.05, 4.69) is 10.3 Å². The van der Waals surface area contributed by atoms with Gasteiger partial charge in [-0.05, 0) is 43.2 Å². The maximum Gasteiger partial charge on any atom is 0.224 e. The average Bonchev–Trinajstić information content (AvgIpc) is 2.60. The van der Waals surface area contributed by atoms with Crippen LogP contribution in [0.4, 0.5) is 5.69 Å². The summed E-state index contributed by atoms with van der Waals surface area (Å²) < 4.78 is 5.14. The van der Waals surface area contributed by atoms with Crippen LogP contribution < -0.4 is 10.1 Å². The summed E-state index contributed by atoms with van der Waals surface area (Å²) in [4.78, 5) is 16.8. The Labute approximate surface area is 141 Å². The molecule has 0 atom stereocenters. The fraction of sp³-hybridized carbons (Fsp3) is 0.200. The van der Waals surface area contributed by atoms with Crippen LogP contribution in [0.3, 0.4) is 0 Å². The minimum atomic E-state index is 0.00145. The van der Waals surface area contributed by atoms with Crippen LogP contribution in [0.1, 0.15) is 17.7 Å². The molecule has 0 aliphatic rings. The van der Waals surface area contributed by atoms with Crippen molar-refractivity contribution in [2.24, 2.45) is 0 Å². The SMILES string of the molecule is COc1ccc(CCC(=O)Nc2cc(C)nc3ccccc23)cc1. The molecule has 4 heteroatoms. The van der Waals surface area contributed by atoms with E-state index < -0.39 is 0 Å². The fourth-order valence-corrected chi connectivity index (χ4v) is 2.67. The summed E-state index contributed by atoms with van der Waals surface area (Å²) >= 11 is 0. The van der Waals surface area contributed by atoms with E-state index in [1.807, 2.05) is 61.5 Å². The number of carbonyl (C=O) groups excluding carboxylic acids is 1. The van der Waals surface area contributed by atoms with E-state index in [9.17, 15) is 4.79 Å². The van der Waals surface area contributed by atoms with Crippen LogP contribution in [-0.2, 0) is 11.2 Å². The lowest BCUT2D eigenvalue weighted by Crippen LogP contribution is -2.13. The maximum atomic E-state index is 12.3. The molecule has 0 bridgehead atoms. The molecule has 4 nitrogen and oxygen atoms in total. The third-order valence-electron chi connectivity index (χ3n) is 3.92. The van der Waals surface area contributed by atoms with Crippen molar-refractivity contribution in [1.82, 2.24) is 4.98 Å². The van der Waals surface area contributed by atoms with Crippen LogP contribution in [0.15, 0.2) is 54.6 Å². The van der Waals surface area contributed by atoms with Crippen molar-refractivity contribution < 1.29 is 9.53 Å². The highest BCUT2D eigenvalue weighted by Gasteiger charge is 2.08. The van der Waals surface area contributed by atoms with Gasteiger partial charge in [0.2, 0.25) is 5.91 Å². The number of rotatable bonds is 5. The highest BCUT2D eigenvalue weighted by atomic mass is 16.5. The van der Waals surface area contributed by atoms with Gasteiger partial charge in [-0.3, -0.25) is 9.78 Å². The Morgan fingerprint density at radius 2 is 1.88 bits per heavy atom. The smallest absolute Gasteiger partial charge is 0.224 e. The number of aromatic nitrogens is 1. The second-order valence-electron chi connectivity index (χ2n) is 5.72. The molecule has 1 N–H and O–H groups in total. The molecule has 0 aliphatic carbocycles. The van der Waals surface area contributed by atoms with Gasteiger partial charge in [0.1, 0.15) is 5.75 Å². The first-order valence-corrected chi connectivity index (χ1v) is 7.95. The minimum Gasteiger partial charge on any atom is -0.497 e. The summed E-state index contributed by atoms with van der Waals surface area (Å²) in [7, 11) is 1.64. The molecule has 24 heavy (non-hydrogen) atoms. The third kappa shape index (κ3) is 3.71. The van der Waals surface area contributed by atoms with Crippen molar-refractivity contribution in [3.63, 3.8) is 0 Å². The summed E-state index contributed by atoms with van der Waals surface area (Å²) in [6.07, 6.45) is 1.12. The number of anilines is 1. The molecule has 0 saturated heterocycles. The maximum absolute atomic E-state index is 12.3. The lowest BCUT2D eigenvalue weighted by atomic mass is 10.1. The number of carbonyl (C=O) groups is 1. The van der Waals surface area contributed by atoms with Crippen molar-refractivity contribution in [2.45, 2.75) is 19.8 Å². The monoisotopic (exact) mass is 320 g/mol. The number of hydrogen-bond donors (Lipinski definition) is 1. The predicted molar refractivity (Wildman–Crippen MR) is 96.4 cm³/mol. The second-order valence-corrected chi connectivity index (χ2v) is 5.72. The van der Waals surface area contributed by atoms with Gasteiger partial charge < -0.3 is 10.1 Å². The van der Waals surface area contributed by atoms with Gasteiger partial charge >= 0.3 is 0 Å². The lowest BCUT2D eigenvalue weighted by molar-refractivity contribution is -0.116. The lowest BCUT2D eigenvalue weighted by Gasteiger charge is -2.10. The number of amides is 1. The molecule has 2 aromatic carbocycles. The minimum absolute atomic E-state index is 0.00145. The van der Waals surface area contributed by atoms with Gasteiger partial charge in [0.25, 0.3) is 0 Å². The molecule has 1 amide bonds. The summed E-state index contributed by atoms with van der Waals surface area (Å²) in [6.45, 7) is 1.93. The van der Waals surface area contributed by atoms with E-state index in [1.54, 1.807) is 7.11 Å². The predicted octanol–water partition coefficient (Wildman–Crippen LogP) is 4.12. The van der Waals surface area contributed by atoms with Gasteiger partial charge in [0.15, 0.2) is 0 Å². The highest BCUT2D eigenvalue weighted by molar-refractivity contribution is 6.01. The largest absolute Gasteiger partial charge is 0.497 e. The van der Waals surface area contributed by atoms with Gasteiger partial charge in [0.05, 0.1) is 18.3 Å². The molecule has 0 saturated carbocycles. The van der Waals surface area contributed by atoms with Crippen LogP contribution >= 0.6 is 0 Å². The van der Waals surface area contributed by atoms with E-state index >= 15 is 0 Å². The number of pyridine rings is 1.